The molecule has 3 heteroatoms. The Labute approximate surface area is 153 Å². The second-order valence-electron chi connectivity index (χ2n) is 10.2. The number of fused-ring (bicyclic) bond motifs is 5. The van der Waals surface area contributed by atoms with Crippen LogP contribution in [-0.4, -0.2) is 28.7 Å². The van der Waals surface area contributed by atoms with Gasteiger partial charge in [-0.15, -0.1) is 0 Å². The van der Waals surface area contributed by atoms with Crippen LogP contribution in [0.15, 0.2) is 12.2 Å². The van der Waals surface area contributed by atoms with Crippen LogP contribution in [0.1, 0.15) is 73.1 Å². The molecule has 7 atom stereocenters. The molecule has 3 nitrogen and oxygen atoms in total. The third kappa shape index (κ3) is 2.41. The molecule has 0 amide bonds. The van der Waals surface area contributed by atoms with Gasteiger partial charge >= 0.3 is 0 Å². The highest BCUT2D eigenvalue weighted by Crippen LogP contribution is 2.66. The van der Waals surface area contributed by atoms with E-state index in [1.165, 1.54) is 0 Å². The molecule has 1 saturated heterocycles. The van der Waals surface area contributed by atoms with Gasteiger partial charge in [0.25, 0.3) is 0 Å². The van der Waals surface area contributed by atoms with E-state index in [1.54, 1.807) is 0 Å². The number of hydrogen-bond acceptors (Lipinski definition) is 3. The normalized spacial score (nSPS) is 51.8. The van der Waals surface area contributed by atoms with Crippen LogP contribution in [-0.2, 0) is 9.47 Å². The average Bonchev–Trinajstić information content (AvgIpc) is 2.84. The topological polar surface area (TPSA) is 38.7 Å². The van der Waals surface area contributed by atoms with Crippen molar-refractivity contribution in [1.29, 1.82) is 0 Å². The highest BCUT2D eigenvalue weighted by molar-refractivity contribution is 5.24. The minimum atomic E-state index is -0.701. The van der Waals surface area contributed by atoms with Gasteiger partial charge in [0.15, 0.2) is 5.79 Å². The summed E-state index contributed by atoms with van der Waals surface area (Å²) in [4.78, 5) is 0. The summed E-state index contributed by atoms with van der Waals surface area (Å²) >= 11 is 0. The second-order valence-corrected chi connectivity index (χ2v) is 10.2. The highest BCUT2D eigenvalue weighted by Gasteiger charge is 2.68. The summed E-state index contributed by atoms with van der Waals surface area (Å²) in [7, 11) is 0. The van der Waals surface area contributed by atoms with Gasteiger partial charge in [0.2, 0.25) is 0 Å². The summed E-state index contributed by atoms with van der Waals surface area (Å²) in [5.74, 6) is 1.14. The second kappa shape index (κ2) is 5.56. The van der Waals surface area contributed by atoms with Gasteiger partial charge in [-0.1, -0.05) is 27.4 Å². The van der Waals surface area contributed by atoms with Crippen LogP contribution >= 0.6 is 0 Å². The number of aliphatic hydroxyl groups is 1. The Morgan fingerprint density at radius 3 is 2.44 bits per heavy atom. The summed E-state index contributed by atoms with van der Waals surface area (Å²) in [6, 6.07) is 0. The third-order valence-electron chi connectivity index (χ3n) is 8.04. The van der Waals surface area contributed by atoms with Crippen molar-refractivity contribution in [2.75, 3.05) is 0 Å². The number of hydrogen-bond donors (Lipinski definition) is 1. The van der Waals surface area contributed by atoms with E-state index in [2.05, 4.69) is 27.4 Å². The summed E-state index contributed by atoms with van der Waals surface area (Å²) in [5, 5.41) is 11.7. The fraction of sp³-hybridized carbons (Fsp3) is 0.909. The molecule has 1 aliphatic heterocycles. The largest absolute Gasteiger partial charge is 0.385 e. The van der Waals surface area contributed by atoms with E-state index in [4.69, 9.17) is 9.47 Å². The van der Waals surface area contributed by atoms with E-state index in [0.717, 1.165) is 44.1 Å². The minimum Gasteiger partial charge on any atom is -0.385 e. The van der Waals surface area contributed by atoms with Crippen molar-refractivity contribution < 1.29 is 14.6 Å². The van der Waals surface area contributed by atoms with Crippen molar-refractivity contribution in [3.05, 3.63) is 12.2 Å². The predicted octanol–water partition coefficient (Wildman–Crippen LogP) is 4.69. The van der Waals surface area contributed by atoms with Crippen molar-refractivity contribution in [3.8, 4) is 0 Å². The number of rotatable bonds is 1. The molecule has 4 rings (SSSR count). The van der Waals surface area contributed by atoms with Gasteiger partial charge in [-0.2, -0.15) is 0 Å². The fourth-order valence-electron chi connectivity index (χ4n) is 7.34. The molecule has 0 aromatic heterocycles. The van der Waals surface area contributed by atoms with E-state index in [9.17, 15) is 5.11 Å². The van der Waals surface area contributed by atoms with Crippen LogP contribution in [0.5, 0.6) is 0 Å². The lowest BCUT2D eigenvalue weighted by atomic mass is 9.59. The van der Waals surface area contributed by atoms with Gasteiger partial charge in [0, 0.05) is 0 Å². The van der Waals surface area contributed by atoms with E-state index in [-0.39, 0.29) is 23.5 Å². The predicted molar refractivity (Wildman–Crippen MR) is 99.0 cm³/mol. The molecule has 1 N–H and O–H groups in total. The molecule has 142 valence electrons. The van der Waals surface area contributed by atoms with Crippen LogP contribution in [0, 0.1) is 29.1 Å². The molecule has 0 aromatic carbocycles. The lowest BCUT2D eigenvalue weighted by Gasteiger charge is -2.49. The van der Waals surface area contributed by atoms with E-state index >= 15 is 0 Å². The van der Waals surface area contributed by atoms with Crippen LogP contribution in [0.3, 0.4) is 0 Å². The quantitative estimate of drug-likeness (QED) is 0.699. The maximum absolute atomic E-state index is 11.7. The lowest BCUT2D eigenvalue weighted by molar-refractivity contribution is -0.188. The molecule has 0 bridgehead atoms. The van der Waals surface area contributed by atoms with Crippen molar-refractivity contribution in [1.82, 2.24) is 0 Å². The molecule has 4 fully saturated rings. The standard InChI is InChI=1S/C22H36O3/c1-13(2)16-18-19(25-20(4,5)24-18)17-15-10-7-9-14(3)22(15,23)12-8-11-21(16,17)6/h13,15-19,23H,3,7-12H2,1-2,4-6H3. The molecule has 25 heavy (non-hydrogen) atoms. The first kappa shape index (κ1) is 18.0. The van der Waals surface area contributed by atoms with Crippen LogP contribution in [0.4, 0.5) is 0 Å². The Balaban J connectivity index is 1.82. The van der Waals surface area contributed by atoms with Crippen LogP contribution in [0.2, 0.25) is 0 Å². The third-order valence-corrected chi connectivity index (χ3v) is 8.04. The average molecular weight is 349 g/mol. The van der Waals surface area contributed by atoms with E-state index in [0.29, 0.717) is 17.8 Å². The van der Waals surface area contributed by atoms with Crippen LogP contribution < -0.4 is 0 Å². The summed E-state index contributed by atoms with van der Waals surface area (Å²) < 4.78 is 13.0. The summed E-state index contributed by atoms with van der Waals surface area (Å²) in [6.07, 6.45) is 6.57. The first-order valence-electron chi connectivity index (χ1n) is 10.4. The molecule has 0 spiro atoms. The molecule has 0 aromatic rings. The van der Waals surface area contributed by atoms with Crippen molar-refractivity contribution in [3.63, 3.8) is 0 Å². The monoisotopic (exact) mass is 348 g/mol. The zero-order valence-electron chi connectivity index (χ0n) is 16.7. The Morgan fingerprint density at radius 2 is 1.76 bits per heavy atom. The molecule has 4 aliphatic rings. The Morgan fingerprint density at radius 1 is 1.08 bits per heavy atom. The molecule has 7 unspecified atom stereocenters. The first-order chi connectivity index (χ1) is 11.6. The fourth-order valence-corrected chi connectivity index (χ4v) is 7.34. The van der Waals surface area contributed by atoms with E-state index < -0.39 is 11.4 Å². The van der Waals surface area contributed by atoms with Crippen molar-refractivity contribution in [2.45, 2.75) is 96.7 Å². The van der Waals surface area contributed by atoms with Crippen molar-refractivity contribution in [2.24, 2.45) is 29.1 Å². The molecule has 3 saturated carbocycles. The molecular formula is C22H36O3. The van der Waals surface area contributed by atoms with Crippen LogP contribution in [0.25, 0.3) is 0 Å². The Bertz CT molecular complexity index is 568. The smallest absolute Gasteiger partial charge is 0.163 e. The summed E-state index contributed by atoms with van der Waals surface area (Å²) in [6.45, 7) is 15.5. The number of ether oxygens (including phenoxy) is 2. The Kier molecular flexibility index (Phi) is 4.00. The minimum absolute atomic E-state index is 0.105. The van der Waals surface area contributed by atoms with Gasteiger partial charge < -0.3 is 14.6 Å². The molecule has 3 aliphatic carbocycles. The SMILES string of the molecule is C=C1CCCC2C3C4OC(C)(C)OC4C(C(C)C)C3(C)CCCC12O. The van der Waals surface area contributed by atoms with Gasteiger partial charge in [-0.25, -0.2) is 0 Å². The molecule has 0 radical (unpaired) electrons. The Hall–Kier alpha value is -0.380. The maximum Gasteiger partial charge on any atom is 0.163 e. The molecule has 1 heterocycles. The van der Waals surface area contributed by atoms with Crippen molar-refractivity contribution >= 4 is 0 Å². The lowest BCUT2D eigenvalue weighted by Crippen LogP contribution is -2.50. The van der Waals surface area contributed by atoms with Gasteiger partial charge in [0.05, 0.1) is 17.8 Å². The van der Waals surface area contributed by atoms with E-state index in [1.807, 2.05) is 13.8 Å². The van der Waals surface area contributed by atoms with Gasteiger partial charge in [-0.3, -0.25) is 0 Å². The first-order valence-corrected chi connectivity index (χ1v) is 10.4. The van der Waals surface area contributed by atoms with Gasteiger partial charge in [-0.05, 0) is 87.0 Å². The zero-order valence-corrected chi connectivity index (χ0v) is 16.7. The zero-order chi connectivity index (χ0) is 18.2. The van der Waals surface area contributed by atoms with Gasteiger partial charge in [0.1, 0.15) is 0 Å². The highest BCUT2D eigenvalue weighted by atomic mass is 16.8. The maximum atomic E-state index is 11.7. The summed E-state index contributed by atoms with van der Waals surface area (Å²) in [5.41, 5.74) is 0.538. The molecular weight excluding hydrogens is 312 g/mol.